The summed E-state index contributed by atoms with van der Waals surface area (Å²) in [5.41, 5.74) is 7.75. The van der Waals surface area contributed by atoms with Gasteiger partial charge in [-0.25, -0.2) is 0 Å². The van der Waals surface area contributed by atoms with E-state index in [0.29, 0.717) is 28.6 Å². The van der Waals surface area contributed by atoms with Crippen molar-refractivity contribution in [1.82, 2.24) is 10.9 Å². The largest absolute Gasteiger partial charge is 0.489 e. The van der Waals surface area contributed by atoms with Gasteiger partial charge in [-0.05, 0) is 72.6 Å². The number of hydrogen-bond acceptors (Lipinski definition) is 5. The van der Waals surface area contributed by atoms with E-state index in [9.17, 15) is 14.4 Å². The fraction of sp³-hybridized carbons (Fsp3) is 0.160. The molecule has 0 saturated carbocycles. The Balaban J connectivity index is 1.41. The number of hydrogen-bond donors (Lipinski definition) is 3. The number of nitrogens with one attached hydrogen (secondary N) is 3. The molecule has 0 spiro atoms. The smallest absolute Gasteiger partial charge is 0.269 e. The highest BCUT2D eigenvalue weighted by Gasteiger charge is 2.09. The molecule has 0 aliphatic carbocycles. The monoisotopic (exact) mass is 497 g/mol. The van der Waals surface area contributed by atoms with Gasteiger partial charge in [0.1, 0.15) is 12.4 Å². The lowest BCUT2D eigenvalue weighted by Gasteiger charge is -2.10. The van der Waals surface area contributed by atoms with Crippen molar-refractivity contribution in [3.63, 3.8) is 0 Å². The Morgan fingerprint density at radius 3 is 2.29 bits per heavy atom. The van der Waals surface area contributed by atoms with Crippen LogP contribution in [0.3, 0.4) is 0 Å². The van der Waals surface area contributed by atoms with Crippen LogP contribution in [0, 0.1) is 6.92 Å². The van der Waals surface area contributed by atoms with Gasteiger partial charge < -0.3 is 10.1 Å². The van der Waals surface area contributed by atoms with E-state index in [-0.39, 0.29) is 17.6 Å². The molecule has 0 radical (unpaired) electrons. The summed E-state index contributed by atoms with van der Waals surface area (Å²) in [5.74, 6) is -0.0638. The summed E-state index contributed by atoms with van der Waals surface area (Å²) in [7, 11) is 0. The molecule has 3 N–H and O–H groups in total. The minimum Gasteiger partial charge on any atom is -0.489 e. The Bertz CT molecular complexity index is 1170. The standard InChI is InChI=1S/C25H24ClN3O4S/c1-16-13-21(9-12-23(16)26)33-14-18-3-5-19(6-4-18)25(32)29-28-24(31)15-34-22-10-7-20(8-11-22)27-17(2)30/h3-13H,14-15H2,1-2H3,(H,27,30)(H,28,31)(H,29,32). The van der Waals surface area contributed by atoms with Crippen LogP contribution in [0.5, 0.6) is 5.75 Å². The molecule has 0 aliphatic rings. The maximum Gasteiger partial charge on any atom is 0.269 e. The van der Waals surface area contributed by atoms with Crippen molar-refractivity contribution in [2.24, 2.45) is 0 Å². The lowest BCUT2D eigenvalue weighted by Crippen LogP contribution is -2.42. The van der Waals surface area contributed by atoms with Crippen LogP contribution in [-0.4, -0.2) is 23.5 Å². The van der Waals surface area contributed by atoms with Crippen LogP contribution < -0.4 is 20.9 Å². The average molecular weight is 498 g/mol. The summed E-state index contributed by atoms with van der Waals surface area (Å²) in [4.78, 5) is 36.3. The minimum absolute atomic E-state index is 0.125. The summed E-state index contributed by atoms with van der Waals surface area (Å²) in [6.45, 7) is 3.70. The number of hydrazine groups is 1. The molecule has 7 nitrogen and oxygen atoms in total. The Kier molecular flexibility index (Phi) is 8.95. The summed E-state index contributed by atoms with van der Waals surface area (Å²) in [6.07, 6.45) is 0. The molecule has 9 heteroatoms. The predicted octanol–water partition coefficient (Wildman–Crippen LogP) is 4.74. The summed E-state index contributed by atoms with van der Waals surface area (Å²) in [6, 6.07) is 19.5. The zero-order valence-corrected chi connectivity index (χ0v) is 20.3. The number of rotatable bonds is 8. The van der Waals surface area contributed by atoms with E-state index in [1.807, 2.05) is 13.0 Å². The molecule has 176 valence electrons. The number of halogens is 1. The molecule has 0 saturated heterocycles. The number of ether oxygens (including phenoxy) is 1. The third kappa shape index (κ3) is 7.83. The molecular formula is C25H24ClN3O4S. The number of carbonyl (C=O) groups is 3. The molecule has 34 heavy (non-hydrogen) atoms. The first kappa shape index (κ1) is 25.1. The van der Waals surface area contributed by atoms with Crippen molar-refractivity contribution in [3.8, 4) is 5.75 Å². The van der Waals surface area contributed by atoms with Crippen molar-refractivity contribution in [2.45, 2.75) is 25.3 Å². The van der Waals surface area contributed by atoms with Gasteiger partial charge in [-0.3, -0.25) is 25.2 Å². The molecule has 0 heterocycles. The number of benzene rings is 3. The third-order valence-corrected chi connectivity index (χ3v) is 6.05. The van der Waals surface area contributed by atoms with Crippen LogP contribution in [0.25, 0.3) is 0 Å². The van der Waals surface area contributed by atoms with Gasteiger partial charge in [0.25, 0.3) is 5.91 Å². The second-order valence-corrected chi connectivity index (χ2v) is 8.85. The van der Waals surface area contributed by atoms with Crippen LogP contribution in [0.4, 0.5) is 5.69 Å². The van der Waals surface area contributed by atoms with Gasteiger partial charge in [0.2, 0.25) is 11.8 Å². The molecule has 3 aromatic rings. The second kappa shape index (κ2) is 12.1. The van der Waals surface area contributed by atoms with Gasteiger partial charge in [-0.1, -0.05) is 23.7 Å². The first-order chi connectivity index (χ1) is 16.3. The minimum atomic E-state index is -0.418. The van der Waals surface area contributed by atoms with Crippen molar-refractivity contribution in [3.05, 3.63) is 88.4 Å². The van der Waals surface area contributed by atoms with Crippen LogP contribution in [0.2, 0.25) is 5.02 Å². The first-order valence-electron chi connectivity index (χ1n) is 10.4. The summed E-state index contributed by atoms with van der Waals surface area (Å²) < 4.78 is 5.76. The fourth-order valence-electron chi connectivity index (χ4n) is 2.85. The van der Waals surface area contributed by atoms with E-state index in [1.54, 1.807) is 60.7 Å². The van der Waals surface area contributed by atoms with Gasteiger partial charge >= 0.3 is 0 Å². The first-order valence-corrected chi connectivity index (χ1v) is 11.7. The molecule has 0 fully saturated rings. The summed E-state index contributed by atoms with van der Waals surface area (Å²) >= 11 is 7.34. The quantitative estimate of drug-likeness (QED) is 0.308. The molecule has 3 rings (SSSR count). The predicted molar refractivity (Wildman–Crippen MR) is 134 cm³/mol. The number of aryl methyl sites for hydroxylation is 1. The molecule has 0 unspecified atom stereocenters. The molecule has 3 aromatic carbocycles. The Hall–Kier alpha value is -3.49. The van der Waals surface area contributed by atoms with E-state index < -0.39 is 5.91 Å². The molecule has 3 amide bonds. The molecule has 0 aromatic heterocycles. The maximum atomic E-state index is 12.3. The van der Waals surface area contributed by atoms with Crippen LogP contribution in [0.15, 0.2) is 71.6 Å². The lowest BCUT2D eigenvalue weighted by molar-refractivity contribution is -0.119. The number of anilines is 1. The van der Waals surface area contributed by atoms with Crippen molar-refractivity contribution < 1.29 is 19.1 Å². The number of carbonyl (C=O) groups excluding carboxylic acids is 3. The van der Waals surface area contributed by atoms with Crippen molar-refractivity contribution in [1.29, 1.82) is 0 Å². The SMILES string of the molecule is CC(=O)Nc1ccc(SCC(=O)NNC(=O)c2ccc(COc3ccc(Cl)c(C)c3)cc2)cc1. The number of amides is 3. The van der Waals surface area contributed by atoms with Crippen molar-refractivity contribution >= 4 is 46.8 Å². The average Bonchev–Trinajstić information content (AvgIpc) is 2.83. The van der Waals surface area contributed by atoms with Crippen LogP contribution in [-0.2, 0) is 16.2 Å². The highest BCUT2D eigenvalue weighted by Crippen LogP contribution is 2.22. The molecule has 0 atom stereocenters. The normalized spacial score (nSPS) is 10.3. The fourth-order valence-corrected chi connectivity index (χ4v) is 3.66. The van der Waals surface area contributed by atoms with E-state index in [4.69, 9.17) is 16.3 Å². The van der Waals surface area contributed by atoms with E-state index in [1.165, 1.54) is 18.7 Å². The Morgan fingerprint density at radius 1 is 0.941 bits per heavy atom. The van der Waals surface area contributed by atoms with Crippen LogP contribution in [0.1, 0.15) is 28.4 Å². The zero-order chi connectivity index (χ0) is 24.5. The molecular weight excluding hydrogens is 474 g/mol. The van der Waals surface area contributed by atoms with Crippen molar-refractivity contribution in [2.75, 3.05) is 11.1 Å². The van der Waals surface area contributed by atoms with E-state index >= 15 is 0 Å². The second-order valence-electron chi connectivity index (χ2n) is 7.39. The van der Waals surface area contributed by atoms with E-state index in [0.717, 1.165) is 16.0 Å². The van der Waals surface area contributed by atoms with Gasteiger partial charge in [-0.15, -0.1) is 11.8 Å². The topological polar surface area (TPSA) is 96.5 Å². The Labute approximate surface area is 207 Å². The Morgan fingerprint density at radius 2 is 1.65 bits per heavy atom. The lowest BCUT2D eigenvalue weighted by atomic mass is 10.1. The van der Waals surface area contributed by atoms with E-state index in [2.05, 4.69) is 16.2 Å². The van der Waals surface area contributed by atoms with Gasteiger partial charge in [0, 0.05) is 28.1 Å². The van der Waals surface area contributed by atoms with Crippen LogP contribution >= 0.6 is 23.4 Å². The highest BCUT2D eigenvalue weighted by atomic mass is 35.5. The highest BCUT2D eigenvalue weighted by molar-refractivity contribution is 8.00. The third-order valence-electron chi connectivity index (χ3n) is 4.61. The molecule has 0 bridgehead atoms. The van der Waals surface area contributed by atoms with Gasteiger partial charge in [-0.2, -0.15) is 0 Å². The number of thioether (sulfide) groups is 1. The summed E-state index contributed by atoms with van der Waals surface area (Å²) in [5, 5.41) is 3.37. The van der Waals surface area contributed by atoms with Gasteiger partial charge in [0.05, 0.1) is 5.75 Å². The maximum absolute atomic E-state index is 12.3. The van der Waals surface area contributed by atoms with Gasteiger partial charge in [0.15, 0.2) is 0 Å². The zero-order valence-electron chi connectivity index (χ0n) is 18.7. The molecule has 0 aliphatic heterocycles.